The van der Waals surface area contributed by atoms with Crippen LogP contribution in [0.3, 0.4) is 0 Å². The minimum absolute atomic E-state index is 0.0356. The first-order chi connectivity index (χ1) is 8.27. The standard InChI is InChI=1S/C13H26N2OS/c1-3-5-7-11(6-4-2)8-14-13(16)12-9-17-10-15-12/h11-12,15H,3-10H2,1-2H3,(H,14,16). The van der Waals surface area contributed by atoms with Gasteiger partial charge in [0.15, 0.2) is 0 Å². The molecule has 1 rings (SSSR count). The predicted octanol–water partition coefficient (Wildman–Crippen LogP) is 2.37. The number of rotatable bonds is 8. The fourth-order valence-electron chi connectivity index (χ4n) is 2.18. The van der Waals surface area contributed by atoms with E-state index in [1.54, 1.807) is 11.8 Å². The molecule has 0 bridgehead atoms. The number of hydrogen-bond acceptors (Lipinski definition) is 3. The molecule has 0 spiro atoms. The van der Waals surface area contributed by atoms with Crippen LogP contribution in [0.5, 0.6) is 0 Å². The second-order valence-electron chi connectivity index (χ2n) is 4.81. The molecule has 1 amide bonds. The maximum Gasteiger partial charge on any atom is 0.238 e. The van der Waals surface area contributed by atoms with E-state index in [4.69, 9.17) is 0 Å². The zero-order valence-electron chi connectivity index (χ0n) is 11.1. The Labute approximate surface area is 109 Å². The number of carbonyl (C=O) groups is 1. The van der Waals surface area contributed by atoms with Gasteiger partial charge in [0.2, 0.25) is 5.91 Å². The lowest BCUT2D eigenvalue weighted by molar-refractivity contribution is -0.122. The van der Waals surface area contributed by atoms with Gasteiger partial charge in [0.1, 0.15) is 0 Å². The quantitative estimate of drug-likeness (QED) is 0.702. The van der Waals surface area contributed by atoms with Gasteiger partial charge in [0.25, 0.3) is 0 Å². The number of amides is 1. The summed E-state index contributed by atoms with van der Waals surface area (Å²) in [6.45, 7) is 5.30. The molecule has 1 fully saturated rings. The van der Waals surface area contributed by atoms with E-state index in [9.17, 15) is 4.79 Å². The smallest absolute Gasteiger partial charge is 0.238 e. The van der Waals surface area contributed by atoms with Gasteiger partial charge in [-0.1, -0.05) is 33.1 Å². The van der Waals surface area contributed by atoms with Crippen LogP contribution in [-0.4, -0.2) is 30.1 Å². The fraction of sp³-hybridized carbons (Fsp3) is 0.923. The Morgan fingerprint density at radius 1 is 1.41 bits per heavy atom. The fourth-order valence-corrected chi connectivity index (χ4v) is 3.12. The average Bonchev–Trinajstić information content (AvgIpc) is 2.86. The summed E-state index contributed by atoms with van der Waals surface area (Å²) in [5.74, 6) is 2.68. The molecular formula is C13H26N2OS. The lowest BCUT2D eigenvalue weighted by Gasteiger charge is -2.18. The monoisotopic (exact) mass is 258 g/mol. The van der Waals surface area contributed by atoms with E-state index in [0.717, 1.165) is 18.2 Å². The van der Waals surface area contributed by atoms with Crippen molar-refractivity contribution in [2.75, 3.05) is 18.2 Å². The van der Waals surface area contributed by atoms with Gasteiger partial charge in [-0.15, -0.1) is 11.8 Å². The van der Waals surface area contributed by atoms with Crippen LogP contribution in [0.4, 0.5) is 0 Å². The topological polar surface area (TPSA) is 41.1 Å². The minimum Gasteiger partial charge on any atom is -0.354 e. The number of hydrogen-bond donors (Lipinski definition) is 2. The van der Waals surface area contributed by atoms with Crippen LogP contribution in [0.15, 0.2) is 0 Å². The van der Waals surface area contributed by atoms with E-state index in [1.165, 1.54) is 32.1 Å². The molecule has 0 aromatic carbocycles. The van der Waals surface area contributed by atoms with Crippen LogP contribution in [0.2, 0.25) is 0 Å². The first-order valence-corrected chi connectivity index (χ1v) is 8.02. The summed E-state index contributed by atoms with van der Waals surface area (Å²) < 4.78 is 0. The highest BCUT2D eigenvalue weighted by Gasteiger charge is 2.22. The third kappa shape index (κ3) is 5.77. The van der Waals surface area contributed by atoms with Crippen molar-refractivity contribution in [3.63, 3.8) is 0 Å². The van der Waals surface area contributed by atoms with Crippen molar-refractivity contribution in [3.05, 3.63) is 0 Å². The van der Waals surface area contributed by atoms with E-state index in [2.05, 4.69) is 24.5 Å². The third-order valence-corrected chi connectivity index (χ3v) is 4.20. The van der Waals surface area contributed by atoms with Crippen molar-refractivity contribution in [2.24, 2.45) is 5.92 Å². The van der Waals surface area contributed by atoms with E-state index < -0.39 is 0 Å². The molecule has 0 aromatic rings. The molecule has 1 saturated heterocycles. The molecule has 100 valence electrons. The summed E-state index contributed by atoms with van der Waals surface area (Å²) in [5.41, 5.74) is 0. The molecule has 4 heteroatoms. The molecule has 0 aromatic heterocycles. The third-order valence-electron chi connectivity index (χ3n) is 3.26. The normalized spacial score (nSPS) is 21.4. The van der Waals surface area contributed by atoms with Crippen molar-refractivity contribution in [1.82, 2.24) is 10.6 Å². The van der Waals surface area contributed by atoms with E-state index in [-0.39, 0.29) is 11.9 Å². The molecule has 3 nitrogen and oxygen atoms in total. The highest BCUT2D eigenvalue weighted by atomic mass is 32.2. The summed E-state index contributed by atoms with van der Waals surface area (Å²) >= 11 is 1.80. The maximum absolute atomic E-state index is 11.8. The van der Waals surface area contributed by atoms with E-state index in [0.29, 0.717) is 5.92 Å². The van der Waals surface area contributed by atoms with Crippen LogP contribution in [0.25, 0.3) is 0 Å². The molecule has 17 heavy (non-hydrogen) atoms. The van der Waals surface area contributed by atoms with Gasteiger partial charge < -0.3 is 5.32 Å². The van der Waals surface area contributed by atoms with Gasteiger partial charge in [0, 0.05) is 18.2 Å². The van der Waals surface area contributed by atoms with Crippen LogP contribution < -0.4 is 10.6 Å². The van der Waals surface area contributed by atoms with Gasteiger partial charge >= 0.3 is 0 Å². The number of carbonyl (C=O) groups excluding carboxylic acids is 1. The Hall–Kier alpha value is -0.220. The van der Waals surface area contributed by atoms with Crippen molar-refractivity contribution >= 4 is 17.7 Å². The van der Waals surface area contributed by atoms with Crippen molar-refractivity contribution in [2.45, 2.75) is 52.0 Å². The van der Waals surface area contributed by atoms with E-state index in [1.807, 2.05) is 0 Å². The van der Waals surface area contributed by atoms with Crippen molar-refractivity contribution in [1.29, 1.82) is 0 Å². The molecule has 1 aliphatic rings. The molecule has 1 aliphatic heterocycles. The van der Waals surface area contributed by atoms with Crippen LogP contribution >= 0.6 is 11.8 Å². The van der Waals surface area contributed by atoms with E-state index >= 15 is 0 Å². The lowest BCUT2D eigenvalue weighted by Crippen LogP contribution is -2.43. The molecule has 1 heterocycles. The molecule has 2 N–H and O–H groups in total. The van der Waals surface area contributed by atoms with Crippen LogP contribution in [0.1, 0.15) is 46.0 Å². The van der Waals surface area contributed by atoms with Gasteiger partial charge in [0.05, 0.1) is 6.04 Å². The molecule has 0 saturated carbocycles. The SMILES string of the molecule is CCCCC(CCC)CNC(=O)C1CSCN1. The zero-order valence-corrected chi connectivity index (χ0v) is 11.9. The maximum atomic E-state index is 11.8. The van der Waals surface area contributed by atoms with Gasteiger partial charge in [-0.3, -0.25) is 10.1 Å². The van der Waals surface area contributed by atoms with Crippen LogP contribution in [-0.2, 0) is 4.79 Å². The summed E-state index contributed by atoms with van der Waals surface area (Å²) in [4.78, 5) is 11.8. The molecule has 2 unspecified atom stereocenters. The Kier molecular flexibility index (Phi) is 7.69. The molecule has 0 aliphatic carbocycles. The predicted molar refractivity (Wildman–Crippen MR) is 75.2 cm³/mol. The zero-order chi connectivity index (χ0) is 12.5. The summed E-state index contributed by atoms with van der Waals surface area (Å²) in [6, 6.07) is 0.0356. The first kappa shape index (κ1) is 14.8. The lowest BCUT2D eigenvalue weighted by atomic mass is 9.97. The molecule has 0 radical (unpaired) electrons. The Morgan fingerprint density at radius 3 is 2.82 bits per heavy atom. The summed E-state index contributed by atoms with van der Waals surface area (Å²) in [5, 5.41) is 6.31. The Balaban J connectivity index is 2.21. The Bertz CT molecular complexity index is 217. The summed E-state index contributed by atoms with van der Waals surface area (Å²) in [6.07, 6.45) is 6.21. The van der Waals surface area contributed by atoms with Crippen molar-refractivity contribution in [3.8, 4) is 0 Å². The Morgan fingerprint density at radius 2 is 2.24 bits per heavy atom. The highest BCUT2D eigenvalue weighted by Crippen LogP contribution is 2.14. The minimum atomic E-state index is 0.0356. The van der Waals surface area contributed by atoms with Gasteiger partial charge in [-0.05, 0) is 18.8 Å². The largest absolute Gasteiger partial charge is 0.354 e. The second kappa shape index (κ2) is 8.81. The van der Waals surface area contributed by atoms with Crippen LogP contribution in [0, 0.1) is 5.92 Å². The first-order valence-electron chi connectivity index (χ1n) is 6.86. The summed E-state index contributed by atoms with van der Waals surface area (Å²) in [7, 11) is 0. The molecule has 2 atom stereocenters. The van der Waals surface area contributed by atoms with Gasteiger partial charge in [-0.2, -0.15) is 0 Å². The number of nitrogens with one attached hydrogen (secondary N) is 2. The molecular weight excluding hydrogens is 232 g/mol. The number of unbranched alkanes of at least 4 members (excludes halogenated alkanes) is 1. The van der Waals surface area contributed by atoms with Gasteiger partial charge in [-0.25, -0.2) is 0 Å². The average molecular weight is 258 g/mol. The highest BCUT2D eigenvalue weighted by molar-refractivity contribution is 7.99. The van der Waals surface area contributed by atoms with Crippen molar-refractivity contribution < 1.29 is 4.79 Å². The second-order valence-corrected chi connectivity index (χ2v) is 5.84. The number of thioether (sulfide) groups is 1.